The second-order valence-corrected chi connectivity index (χ2v) is 4.98. The fraction of sp³-hybridized carbons (Fsp3) is 0.400. The van der Waals surface area contributed by atoms with Gasteiger partial charge in [0.1, 0.15) is 5.15 Å². The summed E-state index contributed by atoms with van der Waals surface area (Å²) in [5.74, 6) is 0. The van der Waals surface area contributed by atoms with Gasteiger partial charge in [0.2, 0.25) is 0 Å². The van der Waals surface area contributed by atoms with Crippen LogP contribution in [0, 0.1) is 0 Å². The number of aryl methyl sites for hydroxylation is 1. The van der Waals surface area contributed by atoms with Crippen molar-refractivity contribution < 1.29 is 0 Å². The lowest BCUT2D eigenvalue weighted by molar-refractivity contribution is 0.660. The summed E-state index contributed by atoms with van der Waals surface area (Å²) in [6, 6.07) is 0. The zero-order valence-corrected chi connectivity index (χ0v) is 10.3. The maximum Gasteiger partial charge on any atom is 0.171 e. The predicted molar refractivity (Wildman–Crippen MR) is 62.3 cm³/mol. The number of rotatable bonds is 0. The Balaban J connectivity index is 2.37. The van der Waals surface area contributed by atoms with Gasteiger partial charge in [-0.2, -0.15) is 5.10 Å². The lowest BCUT2D eigenvalue weighted by Gasteiger charge is -2.16. The van der Waals surface area contributed by atoms with Gasteiger partial charge in [-0.3, -0.25) is 0 Å². The minimum atomic E-state index is 0.723. The van der Waals surface area contributed by atoms with Crippen molar-refractivity contribution in [3.8, 4) is 0 Å². The molecule has 1 aliphatic rings. The van der Waals surface area contributed by atoms with E-state index in [2.05, 4.69) is 26.0 Å². The van der Waals surface area contributed by atoms with Gasteiger partial charge in [-0.15, -0.1) is 0 Å². The molecule has 1 aliphatic carbocycles. The van der Waals surface area contributed by atoms with Crippen LogP contribution < -0.4 is 0 Å². The second-order valence-electron chi connectivity index (χ2n) is 3.76. The van der Waals surface area contributed by atoms with Crippen LogP contribution in [-0.2, 0) is 12.8 Å². The van der Waals surface area contributed by atoms with Crippen molar-refractivity contribution in [2.75, 3.05) is 0 Å². The molecule has 0 aliphatic heterocycles. The van der Waals surface area contributed by atoms with Gasteiger partial charge in [0.15, 0.2) is 5.65 Å². The maximum absolute atomic E-state index is 6.31. The minimum Gasteiger partial charge on any atom is -0.232 e. The first kappa shape index (κ1) is 9.60. The molecule has 2 heterocycles. The van der Waals surface area contributed by atoms with Crippen molar-refractivity contribution >= 4 is 33.2 Å². The normalized spacial score (nSPS) is 15.6. The average Bonchev–Trinajstić information content (AvgIpc) is 2.62. The van der Waals surface area contributed by atoms with Crippen molar-refractivity contribution in [3.05, 3.63) is 27.1 Å². The molecule has 0 saturated carbocycles. The van der Waals surface area contributed by atoms with E-state index in [1.54, 1.807) is 10.7 Å². The van der Waals surface area contributed by atoms with Crippen molar-refractivity contribution in [1.82, 2.24) is 14.6 Å². The third-order valence-electron chi connectivity index (χ3n) is 2.82. The van der Waals surface area contributed by atoms with E-state index in [9.17, 15) is 0 Å². The smallest absolute Gasteiger partial charge is 0.171 e. The van der Waals surface area contributed by atoms with Gasteiger partial charge in [-0.1, -0.05) is 11.6 Å². The van der Waals surface area contributed by atoms with Gasteiger partial charge in [-0.25, -0.2) is 9.50 Å². The van der Waals surface area contributed by atoms with Crippen molar-refractivity contribution in [1.29, 1.82) is 0 Å². The quantitative estimate of drug-likeness (QED) is 0.697. The number of hydrogen-bond acceptors (Lipinski definition) is 2. The predicted octanol–water partition coefficient (Wildman–Crippen LogP) is 3.02. The summed E-state index contributed by atoms with van der Waals surface area (Å²) in [5, 5.41) is 4.92. The molecule has 5 heteroatoms. The van der Waals surface area contributed by atoms with Gasteiger partial charge < -0.3 is 0 Å². The summed E-state index contributed by atoms with van der Waals surface area (Å²) >= 11 is 9.74. The van der Waals surface area contributed by atoms with Gasteiger partial charge in [0.25, 0.3) is 0 Å². The molecule has 0 spiro atoms. The summed E-state index contributed by atoms with van der Waals surface area (Å²) in [7, 11) is 0. The Kier molecular flexibility index (Phi) is 2.21. The van der Waals surface area contributed by atoms with Gasteiger partial charge >= 0.3 is 0 Å². The Bertz CT molecular complexity index is 535. The monoisotopic (exact) mass is 285 g/mol. The molecule has 0 unspecified atom stereocenters. The van der Waals surface area contributed by atoms with Crippen LogP contribution in [0.15, 0.2) is 10.7 Å². The van der Waals surface area contributed by atoms with Crippen LogP contribution in [0.25, 0.3) is 5.65 Å². The molecule has 0 saturated heterocycles. The van der Waals surface area contributed by atoms with Crippen molar-refractivity contribution in [2.45, 2.75) is 25.7 Å². The standard InChI is InChI=1S/C10H9BrClN3/c11-7-5-13-15-9(12)6-3-1-2-4-8(6)14-10(7)15/h5H,1-4H2. The van der Waals surface area contributed by atoms with E-state index in [0.29, 0.717) is 0 Å². The Morgan fingerprint density at radius 3 is 3.00 bits per heavy atom. The number of aromatic nitrogens is 3. The number of fused-ring (bicyclic) bond motifs is 2. The van der Waals surface area contributed by atoms with Crippen LogP contribution in [0.5, 0.6) is 0 Å². The Morgan fingerprint density at radius 1 is 1.33 bits per heavy atom. The van der Waals surface area contributed by atoms with Gasteiger partial charge in [0, 0.05) is 11.3 Å². The number of hydrogen-bond donors (Lipinski definition) is 0. The molecule has 3 nitrogen and oxygen atoms in total. The van der Waals surface area contributed by atoms with Crippen molar-refractivity contribution in [3.63, 3.8) is 0 Å². The maximum atomic E-state index is 6.31. The fourth-order valence-electron chi connectivity index (χ4n) is 2.06. The summed E-state index contributed by atoms with van der Waals surface area (Å²) in [4.78, 5) is 4.61. The van der Waals surface area contributed by atoms with Crippen molar-refractivity contribution in [2.24, 2.45) is 0 Å². The van der Waals surface area contributed by atoms with Gasteiger partial charge in [-0.05, 0) is 41.6 Å². The third kappa shape index (κ3) is 1.39. The molecule has 0 bridgehead atoms. The van der Waals surface area contributed by atoms with Crippen LogP contribution in [0.2, 0.25) is 5.15 Å². The van der Waals surface area contributed by atoms with Gasteiger partial charge in [0.05, 0.1) is 10.7 Å². The zero-order valence-electron chi connectivity index (χ0n) is 8.00. The highest BCUT2D eigenvalue weighted by Gasteiger charge is 2.18. The third-order valence-corrected chi connectivity index (χ3v) is 3.76. The Hall–Kier alpha value is -0.610. The molecule has 0 aromatic carbocycles. The van der Waals surface area contributed by atoms with E-state index in [4.69, 9.17) is 11.6 Å². The van der Waals surface area contributed by atoms with Crippen LogP contribution in [-0.4, -0.2) is 14.6 Å². The lowest BCUT2D eigenvalue weighted by Crippen LogP contribution is -2.09. The highest BCUT2D eigenvalue weighted by atomic mass is 79.9. The van der Waals surface area contributed by atoms with E-state index >= 15 is 0 Å². The first-order chi connectivity index (χ1) is 7.27. The second kappa shape index (κ2) is 3.46. The molecular weight excluding hydrogens is 277 g/mol. The SMILES string of the molecule is Clc1c2c(nc3c(Br)cnn13)CCCC2. The molecule has 0 N–H and O–H groups in total. The summed E-state index contributed by atoms with van der Waals surface area (Å²) in [6.45, 7) is 0. The molecule has 78 valence electrons. The van der Waals surface area contributed by atoms with Crippen LogP contribution >= 0.6 is 27.5 Å². The molecule has 3 rings (SSSR count). The summed E-state index contributed by atoms with van der Waals surface area (Å²) in [6.07, 6.45) is 6.19. The number of halogens is 2. The number of nitrogens with zero attached hydrogens (tertiary/aromatic N) is 3. The molecule has 2 aromatic rings. The molecular formula is C10H9BrClN3. The minimum absolute atomic E-state index is 0.723. The average molecular weight is 287 g/mol. The highest BCUT2D eigenvalue weighted by molar-refractivity contribution is 9.10. The van der Waals surface area contributed by atoms with Crippen LogP contribution in [0.3, 0.4) is 0 Å². The van der Waals surface area contributed by atoms with Crippen LogP contribution in [0.1, 0.15) is 24.1 Å². The van der Waals surface area contributed by atoms with E-state index in [-0.39, 0.29) is 0 Å². The Labute approximate surface area is 101 Å². The zero-order chi connectivity index (χ0) is 10.4. The van der Waals surface area contributed by atoms with E-state index in [0.717, 1.165) is 33.8 Å². The molecule has 0 atom stereocenters. The first-order valence-electron chi connectivity index (χ1n) is 4.98. The highest BCUT2D eigenvalue weighted by Crippen LogP contribution is 2.29. The lowest BCUT2D eigenvalue weighted by atomic mass is 9.97. The topological polar surface area (TPSA) is 30.2 Å². The molecule has 2 aromatic heterocycles. The first-order valence-corrected chi connectivity index (χ1v) is 6.15. The van der Waals surface area contributed by atoms with E-state index in [1.807, 2.05) is 0 Å². The summed E-state index contributed by atoms with van der Waals surface area (Å²) in [5.41, 5.74) is 3.13. The molecule has 0 fully saturated rings. The van der Waals surface area contributed by atoms with E-state index < -0.39 is 0 Å². The largest absolute Gasteiger partial charge is 0.232 e. The molecule has 0 amide bonds. The van der Waals surface area contributed by atoms with E-state index in [1.165, 1.54) is 18.4 Å². The Morgan fingerprint density at radius 2 is 2.13 bits per heavy atom. The van der Waals surface area contributed by atoms with Crippen LogP contribution in [0.4, 0.5) is 0 Å². The fourth-order valence-corrected chi connectivity index (χ4v) is 2.73. The molecule has 0 radical (unpaired) electrons. The summed E-state index contributed by atoms with van der Waals surface area (Å²) < 4.78 is 2.60. The molecule has 15 heavy (non-hydrogen) atoms.